The van der Waals surface area contributed by atoms with Gasteiger partial charge in [0.15, 0.2) is 0 Å². The standard InChI is InChI=1S/C14H28O.C13H26O.C13H24O/c1-11(2,3)14(8)9-12(4,5)15-13(6,7)10-14;2*1-11(2,3)10-8-12(4,5)14-13(6,7)9-10/h9-10H2,1-8H3;10H,8-9H2,1-7H3;8H,9H2,1-7H3. The summed E-state index contributed by atoms with van der Waals surface area (Å²) in [4.78, 5) is 0. The molecular weight excluding hydrogens is 528 g/mol. The van der Waals surface area contributed by atoms with Crippen LogP contribution in [-0.2, 0) is 14.2 Å². The fourth-order valence-corrected chi connectivity index (χ4v) is 8.18. The summed E-state index contributed by atoms with van der Waals surface area (Å²) >= 11 is 0. The molecular formula is C40H78O3. The largest absolute Gasteiger partial charge is 0.370 e. The van der Waals surface area contributed by atoms with Crippen LogP contribution in [0.3, 0.4) is 0 Å². The number of ether oxygens (including phenoxy) is 3. The van der Waals surface area contributed by atoms with Gasteiger partial charge in [0, 0.05) is 0 Å². The third-order valence-electron chi connectivity index (χ3n) is 9.89. The van der Waals surface area contributed by atoms with Gasteiger partial charge in [-0.05, 0) is 143 Å². The van der Waals surface area contributed by atoms with Gasteiger partial charge in [-0.1, -0.05) is 80.9 Å². The molecule has 0 aliphatic carbocycles. The van der Waals surface area contributed by atoms with Crippen molar-refractivity contribution in [3.8, 4) is 0 Å². The molecule has 0 saturated carbocycles. The minimum atomic E-state index is -0.121. The molecule has 0 amide bonds. The van der Waals surface area contributed by atoms with Gasteiger partial charge < -0.3 is 14.2 Å². The molecule has 3 rings (SSSR count). The summed E-state index contributed by atoms with van der Waals surface area (Å²) in [5.41, 5.74) is 2.82. The Balaban J connectivity index is 0.000000323. The Labute approximate surface area is 271 Å². The molecule has 3 heterocycles. The quantitative estimate of drug-likeness (QED) is 0.257. The molecule has 0 bridgehead atoms. The van der Waals surface area contributed by atoms with E-state index in [-0.39, 0.29) is 39.0 Å². The van der Waals surface area contributed by atoms with Crippen LogP contribution in [0, 0.1) is 27.6 Å². The lowest BCUT2D eigenvalue weighted by Gasteiger charge is -2.56. The van der Waals surface area contributed by atoms with Crippen molar-refractivity contribution < 1.29 is 14.2 Å². The second-order valence-electron chi connectivity index (χ2n) is 21.4. The van der Waals surface area contributed by atoms with E-state index in [1.165, 1.54) is 18.4 Å². The predicted molar refractivity (Wildman–Crippen MR) is 189 cm³/mol. The van der Waals surface area contributed by atoms with Gasteiger partial charge in [-0.15, -0.1) is 0 Å². The molecule has 256 valence electrons. The van der Waals surface area contributed by atoms with Crippen LogP contribution in [-0.4, -0.2) is 33.6 Å². The molecule has 0 atom stereocenters. The van der Waals surface area contributed by atoms with Crippen LogP contribution in [0.15, 0.2) is 11.6 Å². The molecule has 2 fully saturated rings. The summed E-state index contributed by atoms with van der Waals surface area (Å²) in [5.74, 6) is 0.765. The van der Waals surface area contributed by atoms with Crippen LogP contribution in [0.2, 0.25) is 0 Å². The monoisotopic (exact) mass is 607 g/mol. The van der Waals surface area contributed by atoms with E-state index in [0.717, 1.165) is 25.2 Å². The molecule has 0 aromatic rings. The highest BCUT2D eigenvalue weighted by atomic mass is 16.5. The highest BCUT2D eigenvalue weighted by Crippen LogP contribution is 2.54. The van der Waals surface area contributed by atoms with Gasteiger partial charge in [0.05, 0.1) is 33.6 Å². The van der Waals surface area contributed by atoms with E-state index in [0.29, 0.717) is 16.2 Å². The molecule has 0 unspecified atom stereocenters. The van der Waals surface area contributed by atoms with Gasteiger partial charge in [0.2, 0.25) is 0 Å². The molecule has 3 aliphatic heterocycles. The Morgan fingerprint density at radius 3 is 1.21 bits per heavy atom. The maximum atomic E-state index is 6.15. The number of rotatable bonds is 0. The van der Waals surface area contributed by atoms with Crippen molar-refractivity contribution in [2.75, 3.05) is 0 Å². The molecule has 0 aromatic carbocycles. The van der Waals surface area contributed by atoms with Crippen LogP contribution in [0.4, 0.5) is 0 Å². The maximum absolute atomic E-state index is 6.15. The average molecular weight is 607 g/mol. The van der Waals surface area contributed by atoms with E-state index in [1.54, 1.807) is 0 Å². The molecule has 2 saturated heterocycles. The van der Waals surface area contributed by atoms with Crippen molar-refractivity contribution in [2.45, 2.75) is 218 Å². The van der Waals surface area contributed by atoms with Crippen molar-refractivity contribution in [3.05, 3.63) is 11.6 Å². The fourth-order valence-electron chi connectivity index (χ4n) is 8.18. The van der Waals surface area contributed by atoms with E-state index in [4.69, 9.17) is 14.2 Å². The SMILES string of the molecule is CC1(C)C=C(C(C)(C)C)CC(C)(C)O1.CC1(C)CC(C(C)(C)C)CC(C)(C)O1.CC1(C)CC(C)(C(C)(C)C)CC(C)(C)O1. The highest BCUT2D eigenvalue weighted by molar-refractivity contribution is 5.21. The lowest BCUT2D eigenvalue weighted by molar-refractivity contribution is -0.213. The normalized spacial score (nSPS) is 27.4. The summed E-state index contributed by atoms with van der Waals surface area (Å²) in [6, 6.07) is 0. The van der Waals surface area contributed by atoms with Crippen LogP contribution in [0.25, 0.3) is 0 Å². The molecule has 0 aromatic heterocycles. The smallest absolute Gasteiger partial charge is 0.0816 e. The van der Waals surface area contributed by atoms with Crippen molar-refractivity contribution in [1.29, 1.82) is 0 Å². The van der Waals surface area contributed by atoms with Crippen molar-refractivity contribution in [3.63, 3.8) is 0 Å². The van der Waals surface area contributed by atoms with Gasteiger partial charge in [-0.3, -0.25) is 0 Å². The lowest BCUT2D eigenvalue weighted by atomic mass is 9.58. The summed E-state index contributed by atoms with van der Waals surface area (Å²) in [5, 5.41) is 0. The second-order valence-corrected chi connectivity index (χ2v) is 21.4. The first kappa shape index (κ1) is 40.6. The van der Waals surface area contributed by atoms with E-state index < -0.39 is 0 Å². The summed E-state index contributed by atoms with van der Waals surface area (Å²) in [7, 11) is 0. The molecule has 43 heavy (non-hydrogen) atoms. The topological polar surface area (TPSA) is 27.7 Å². The first-order valence-corrected chi connectivity index (χ1v) is 17.2. The number of hydrogen-bond donors (Lipinski definition) is 0. The number of hydrogen-bond acceptors (Lipinski definition) is 3. The van der Waals surface area contributed by atoms with Crippen molar-refractivity contribution >= 4 is 0 Å². The van der Waals surface area contributed by atoms with Crippen LogP contribution < -0.4 is 0 Å². The van der Waals surface area contributed by atoms with E-state index in [9.17, 15) is 0 Å². The molecule has 0 radical (unpaired) electrons. The molecule has 3 nitrogen and oxygen atoms in total. The van der Waals surface area contributed by atoms with Crippen LogP contribution in [0.5, 0.6) is 0 Å². The molecule has 3 heteroatoms. The lowest BCUT2D eigenvalue weighted by Crippen LogP contribution is -2.53. The van der Waals surface area contributed by atoms with Gasteiger partial charge in [-0.2, -0.15) is 0 Å². The second kappa shape index (κ2) is 12.3. The van der Waals surface area contributed by atoms with Gasteiger partial charge in [-0.25, -0.2) is 0 Å². The van der Waals surface area contributed by atoms with Gasteiger partial charge in [0.1, 0.15) is 0 Å². The summed E-state index contributed by atoms with van der Waals surface area (Å²) < 4.78 is 18.2. The minimum Gasteiger partial charge on any atom is -0.370 e. The van der Waals surface area contributed by atoms with E-state index in [2.05, 4.69) is 158 Å². The molecule has 3 aliphatic rings. The van der Waals surface area contributed by atoms with Crippen LogP contribution >= 0.6 is 0 Å². The Morgan fingerprint density at radius 1 is 0.535 bits per heavy atom. The zero-order valence-electron chi connectivity index (χ0n) is 33.4. The van der Waals surface area contributed by atoms with Crippen LogP contribution in [0.1, 0.15) is 184 Å². The Bertz CT molecular complexity index is 919. The first-order valence-electron chi connectivity index (χ1n) is 17.2. The minimum absolute atomic E-state index is 0.00375. The zero-order valence-corrected chi connectivity index (χ0v) is 33.4. The third-order valence-corrected chi connectivity index (χ3v) is 9.89. The summed E-state index contributed by atoms with van der Waals surface area (Å²) in [6.07, 6.45) is 7.98. The Kier molecular flexibility index (Phi) is 11.7. The fraction of sp³-hybridized carbons (Fsp3) is 0.950. The highest BCUT2D eigenvalue weighted by Gasteiger charge is 2.50. The van der Waals surface area contributed by atoms with E-state index in [1.807, 2.05) is 0 Å². The van der Waals surface area contributed by atoms with Crippen molar-refractivity contribution in [1.82, 2.24) is 0 Å². The molecule has 0 spiro atoms. The first-order chi connectivity index (χ1) is 18.4. The zero-order chi connectivity index (χ0) is 34.5. The van der Waals surface area contributed by atoms with Crippen molar-refractivity contribution in [2.24, 2.45) is 27.6 Å². The third kappa shape index (κ3) is 13.1. The predicted octanol–water partition coefficient (Wildman–Crippen LogP) is 12.4. The maximum Gasteiger partial charge on any atom is 0.0816 e. The van der Waals surface area contributed by atoms with E-state index >= 15 is 0 Å². The Hall–Kier alpha value is -0.380. The van der Waals surface area contributed by atoms with Gasteiger partial charge in [0.25, 0.3) is 0 Å². The van der Waals surface area contributed by atoms with Gasteiger partial charge >= 0.3 is 0 Å². The molecule has 0 N–H and O–H groups in total. The Morgan fingerprint density at radius 2 is 0.907 bits per heavy atom. The average Bonchev–Trinajstić information content (AvgIpc) is 2.58. The summed E-state index contributed by atoms with van der Waals surface area (Å²) in [6.45, 7) is 49.7.